The fourth-order valence-corrected chi connectivity index (χ4v) is 3.31. The first kappa shape index (κ1) is 17.7. The largest absolute Gasteiger partial charge is 0.352 e. The third-order valence-electron chi connectivity index (χ3n) is 3.61. The molecule has 0 bridgehead atoms. The minimum atomic E-state index is -0.448. The highest BCUT2D eigenvalue weighted by Crippen LogP contribution is 2.30. The second-order valence-corrected chi connectivity index (χ2v) is 6.32. The van der Waals surface area contributed by atoms with Crippen LogP contribution < -0.4 is 5.32 Å². The molecule has 8 heteroatoms. The van der Waals surface area contributed by atoms with Crippen LogP contribution in [0.4, 0.5) is 5.69 Å². The van der Waals surface area contributed by atoms with Crippen LogP contribution in [0.1, 0.15) is 0 Å². The molecule has 1 heterocycles. The zero-order valence-corrected chi connectivity index (χ0v) is 14.6. The SMILES string of the molecule is C=CCNC(=O)CSc1nc2cc([N+](=O)[O-])ccc2n1-c1ccccc1. The number of nitro benzene ring substituents is 1. The molecule has 0 fully saturated rings. The zero-order chi connectivity index (χ0) is 18.5. The normalized spacial score (nSPS) is 10.6. The lowest BCUT2D eigenvalue weighted by molar-refractivity contribution is -0.384. The molecule has 2 aromatic carbocycles. The van der Waals surface area contributed by atoms with Gasteiger partial charge < -0.3 is 5.32 Å². The van der Waals surface area contributed by atoms with E-state index in [1.54, 1.807) is 12.1 Å². The van der Waals surface area contributed by atoms with Crippen molar-refractivity contribution in [3.05, 3.63) is 71.3 Å². The first-order chi connectivity index (χ1) is 12.6. The summed E-state index contributed by atoms with van der Waals surface area (Å²) in [7, 11) is 0. The minimum Gasteiger partial charge on any atom is -0.352 e. The van der Waals surface area contributed by atoms with Crippen LogP contribution in [0.2, 0.25) is 0 Å². The number of non-ortho nitro benzene ring substituents is 1. The maximum absolute atomic E-state index is 11.9. The highest BCUT2D eigenvalue weighted by atomic mass is 32.2. The molecule has 0 radical (unpaired) electrons. The molecule has 0 saturated heterocycles. The van der Waals surface area contributed by atoms with Crippen LogP contribution in [0.5, 0.6) is 0 Å². The van der Waals surface area contributed by atoms with Crippen LogP contribution in [0.25, 0.3) is 16.7 Å². The van der Waals surface area contributed by atoms with Crippen LogP contribution in [0.3, 0.4) is 0 Å². The lowest BCUT2D eigenvalue weighted by Crippen LogP contribution is -2.25. The Labute approximate surface area is 153 Å². The van der Waals surface area contributed by atoms with Gasteiger partial charge in [-0.2, -0.15) is 0 Å². The van der Waals surface area contributed by atoms with Gasteiger partial charge in [-0.25, -0.2) is 4.98 Å². The molecule has 1 amide bonds. The Morgan fingerprint density at radius 3 is 2.77 bits per heavy atom. The number of amides is 1. The standard InChI is InChI=1S/C18H16N4O3S/c1-2-10-19-17(23)12-26-18-20-15-11-14(22(24)25)8-9-16(15)21(18)13-6-4-3-5-7-13/h2-9,11H,1,10,12H2,(H,19,23). The fourth-order valence-electron chi connectivity index (χ4n) is 2.45. The van der Waals surface area contributed by atoms with E-state index in [-0.39, 0.29) is 17.3 Å². The van der Waals surface area contributed by atoms with Gasteiger partial charge in [0.1, 0.15) is 0 Å². The molecule has 7 nitrogen and oxygen atoms in total. The van der Waals surface area contributed by atoms with Gasteiger partial charge in [0.2, 0.25) is 5.91 Å². The van der Waals surface area contributed by atoms with E-state index in [2.05, 4.69) is 16.9 Å². The molecule has 26 heavy (non-hydrogen) atoms. The van der Waals surface area contributed by atoms with Gasteiger partial charge in [0, 0.05) is 24.4 Å². The molecule has 1 N–H and O–H groups in total. The van der Waals surface area contributed by atoms with Crippen LogP contribution in [0, 0.1) is 10.1 Å². The summed E-state index contributed by atoms with van der Waals surface area (Å²) in [6.07, 6.45) is 1.61. The number of rotatable bonds is 7. The first-order valence-electron chi connectivity index (χ1n) is 7.83. The smallest absolute Gasteiger partial charge is 0.271 e. The number of benzene rings is 2. The highest BCUT2D eigenvalue weighted by molar-refractivity contribution is 7.99. The Balaban J connectivity index is 2.01. The number of thioether (sulfide) groups is 1. The van der Waals surface area contributed by atoms with Crippen molar-refractivity contribution >= 4 is 34.4 Å². The number of nitro groups is 1. The summed E-state index contributed by atoms with van der Waals surface area (Å²) in [5, 5.41) is 14.3. The number of imidazole rings is 1. The Hall–Kier alpha value is -3.13. The average molecular weight is 368 g/mol. The predicted octanol–water partition coefficient (Wildman–Crippen LogP) is 3.33. The molecule has 1 aromatic heterocycles. The number of aromatic nitrogens is 2. The number of hydrogen-bond acceptors (Lipinski definition) is 5. The molecule has 0 saturated carbocycles. The summed E-state index contributed by atoms with van der Waals surface area (Å²) in [4.78, 5) is 27.0. The van der Waals surface area contributed by atoms with Crippen molar-refractivity contribution in [1.82, 2.24) is 14.9 Å². The Kier molecular flexibility index (Phi) is 5.33. The molecular weight excluding hydrogens is 352 g/mol. The number of hydrogen-bond donors (Lipinski definition) is 1. The lowest BCUT2D eigenvalue weighted by Gasteiger charge is -2.08. The molecule has 0 atom stereocenters. The van der Waals surface area contributed by atoms with E-state index in [0.29, 0.717) is 17.2 Å². The molecule has 0 spiro atoms. The molecule has 3 rings (SSSR count). The topological polar surface area (TPSA) is 90.1 Å². The van der Waals surface area contributed by atoms with Crippen molar-refractivity contribution in [1.29, 1.82) is 0 Å². The summed E-state index contributed by atoms with van der Waals surface area (Å²) in [6.45, 7) is 3.97. The lowest BCUT2D eigenvalue weighted by atomic mass is 10.2. The van der Waals surface area contributed by atoms with Crippen LogP contribution in [-0.4, -0.2) is 32.7 Å². The Morgan fingerprint density at radius 2 is 2.08 bits per heavy atom. The van der Waals surface area contributed by atoms with E-state index in [1.165, 1.54) is 23.9 Å². The minimum absolute atomic E-state index is 0.0181. The van der Waals surface area contributed by atoms with Gasteiger partial charge in [-0.1, -0.05) is 36.0 Å². The fraction of sp³-hybridized carbons (Fsp3) is 0.111. The molecule has 3 aromatic rings. The summed E-state index contributed by atoms with van der Waals surface area (Å²) < 4.78 is 1.89. The van der Waals surface area contributed by atoms with E-state index in [1.807, 2.05) is 34.9 Å². The van der Waals surface area contributed by atoms with Crippen molar-refractivity contribution in [2.75, 3.05) is 12.3 Å². The van der Waals surface area contributed by atoms with Gasteiger partial charge in [0.15, 0.2) is 5.16 Å². The maximum Gasteiger partial charge on any atom is 0.271 e. The zero-order valence-electron chi connectivity index (χ0n) is 13.8. The van der Waals surface area contributed by atoms with Crippen molar-refractivity contribution in [2.45, 2.75) is 5.16 Å². The third-order valence-corrected chi connectivity index (χ3v) is 4.55. The van der Waals surface area contributed by atoms with Gasteiger partial charge in [-0.15, -0.1) is 6.58 Å². The third kappa shape index (κ3) is 3.75. The quantitative estimate of drug-likeness (QED) is 0.299. The maximum atomic E-state index is 11.9. The second-order valence-electron chi connectivity index (χ2n) is 5.38. The molecule has 0 aliphatic rings. The van der Waals surface area contributed by atoms with Crippen molar-refractivity contribution in [3.63, 3.8) is 0 Å². The molecular formula is C18H16N4O3S. The number of para-hydroxylation sites is 1. The van der Waals surface area contributed by atoms with Crippen LogP contribution in [-0.2, 0) is 4.79 Å². The molecule has 0 unspecified atom stereocenters. The Morgan fingerprint density at radius 1 is 1.31 bits per heavy atom. The Bertz CT molecular complexity index is 969. The van der Waals surface area contributed by atoms with E-state index >= 15 is 0 Å². The number of nitrogens with one attached hydrogen (secondary N) is 1. The summed E-state index contributed by atoms with van der Waals surface area (Å²) in [5.74, 6) is 0.0547. The molecule has 0 aliphatic carbocycles. The summed E-state index contributed by atoms with van der Waals surface area (Å²) in [6, 6.07) is 14.1. The molecule has 0 aliphatic heterocycles. The van der Waals surface area contributed by atoms with E-state index in [4.69, 9.17) is 0 Å². The second kappa shape index (κ2) is 7.83. The van der Waals surface area contributed by atoms with Crippen molar-refractivity contribution in [2.24, 2.45) is 0 Å². The first-order valence-corrected chi connectivity index (χ1v) is 8.81. The monoisotopic (exact) mass is 368 g/mol. The van der Waals surface area contributed by atoms with Crippen LogP contribution >= 0.6 is 11.8 Å². The van der Waals surface area contributed by atoms with Crippen molar-refractivity contribution in [3.8, 4) is 5.69 Å². The summed E-state index contributed by atoms with van der Waals surface area (Å²) in [5.41, 5.74) is 2.11. The number of nitrogens with zero attached hydrogens (tertiary/aromatic N) is 3. The van der Waals surface area contributed by atoms with Gasteiger partial charge in [-0.3, -0.25) is 19.5 Å². The number of fused-ring (bicyclic) bond motifs is 1. The van der Waals surface area contributed by atoms with Gasteiger partial charge in [0.05, 0.1) is 21.7 Å². The van der Waals surface area contributed by atoms with Gasteiger partial charge in [-0.05, 0) is 18.2 Å². The number of carbonyl (C=O) groups excluding carboxylic acids is 1. The average Bonchev–Trinajstić information content (AvgIpc) is 3.02. The van der Waals surface area contributed by atoms with E-state index in [0.717, 1.165) is 11.2 Å². The number of carbonyl (C=O) groups is 1. The highest BCUT2D eigenvalue weighted by Gasteiger charge is 2.17. The van der Waals surface area contributed by atoms with E-state index < -0.39 is 4.92 Å². The molecule has 132 valence electrons. The van der Waals surface area contributed by atoms with Crippen LogP contribution in [0.15, 0.2) is 66.3 Å². The van der Waals surface area contributed by atoms with Gasteiger partial charge in [0.25, 0.3) is 5.69 Å². The van der Waals surface area contributed by atoms with Crippen molar-refractivity contribution < 1.29 is 9.72 Å². The summed E-state index contributed by atoms with van der Waals surface area (Å²) >= 11 is 1.28. The van der Waals surface area contributed by atoms with E-state index in [9.17, 15) is 14.9 Å². The predicted molar refractivity (Wildman–Crippen MR) is 102 cm³/mol. The van der Waals surface area contributed by atoms with Gasteiger partial charge >= 0.3 is 0 Å².